The summed E-state index contributed by atoms with van der Waals surface area (Å²) in [5, 5.41) is 10.1. The lowest BCUT2D eigenvalue weighted by Crippen LogP contribution is -2.27. The quantitative estimate of drug-likeness (QED) is 0.891. The van der Waals surface area contributed by atoms with Crippen LogP contribution in [0.1, 0.15) is 28.9 Å². The van der Waals surface area contributed by atoms with Gasteiger partial charge in [-0.05, 0) is 25.7 Å². The molecule has 5 heteroatoms. The molecule has 1 fully saturated rings. The van der Waals surface area contributed by atoms with Gasteiger partial charge in [0.25, 0.3) is 5.91 Å². The summed E-state index contributed by atoms with van der Waals surface area (Å²) in [6.07, 6.45) is 2.06. The van der Waals surface area contributed by atoms with Gasteiger partial charge in [-0.25, -0.2) is 0 Å². The van der Waals surface area contributed by atoms with Crippen molar-refractivity contribution in [3.8, 4) is 11.3 Å². The highest BCUT2D eigenvalue weighted by Gasteiger charge is 2.18. The number of carbonyl (C=O) groups is 1. The molecular weight excluding hydrogens is 278 g/mol. The van der Waals surface area contributed by atoms with Crippen LogP contribution in [0.2, 0.25) is 0 Å². The molecule has 3 rings (SSSR count). The standard InChI is InChI=1S/C17H21N3O2/c1-12-15(14-5-3-2-4-6-14)19-20-16(12)17(21)18-9-7-13-8-10-22-11-13/h2-6,13H,7-11H2,1H3,(H,18,21)(H,19,20)/t13-/m1/s1. The van der Waals surface area contributed by atoms with E-state index in [1.165, 1.54) is 0 Å². The summed E-state index contributed by atoms with van der Waals surface area (Å²) >= 11 is 0. The van der Waals surface area contributed by atoms with E-state index in [1.54, 1.807) is 0 Å². The van der Waals surface area contributed by atoms with Gasteiger partial charge >= 0.3 is 0 Å². The molecule has 0 aliphatic carbocycles. The maximum atomic E-state index is 12.3. The first-order chi connectivity index (χ1) is 10.8. The van der Waals surface area contributed by atoms with Crippen molar-refractivity contribution in [2.24, 2.45) is 5.92 Å². The molecule has 1 atom stereocenters. The summed E-state index contributed by atoms with van der Waals surface area (Å²) < 4.78 is 5.34. The molecule has 0 spiro atoms. The maximum Gasteiger partial charge on any atom is 0.269 e. The second-order valence-electron chi connectivity index (χ2n) is 5.71. The topological polar surface area (TPSA) is 67.0 Å². The van der Waals surface area contributed by atoms with Gasteiger partial charge in [-0.2, -0.15) is 5.10 Å². The Morgan fingerprint density at radius 2 is 2.23 bits per heavy atom. The highest BCUT2D eigenvalue weighted by atomic mass is 16.5. The van der Waals surface area contributed by atoms with Crippen LogP contribution in [0.4, 0.5) is 0 Å². The molecule has 1 aliphatic heterocycles. The van der Waals surface area contributed by atoms with Gasteiger partial charge in [-0.1, -0.05) is 30.3 Å². The molecule has 1 saturated heterocycles. The highest BCUT2D eigenvalue weighted by Crippen LogP contribution is 2.22. The lowest BCUT2D eigenvalue weighted by atomic mass is 10.1. The number of carbonyl (C=O) groups excluding carboxylic acids is 1. The number of hydrogen-bond donors (Lipinski definition) is 2. The fourth-order valence-corrected chi connectivity index (χ4v) is 2.79. The van der Waals surface area contributed by atoms with Crippen LogP contribution in [0, 0.1) is 12.8 Å². The Morgan fingerprint density at radius 1 is 1.41 bits per heavy atom. The molecule has 2 aromatic rings. The van der Waals surface area contributed by atoms with E-state index >= 15 is 0 Å². The van der Waals surface area contributed by atoms with Gasteiger partial charge in [0.15, 0.2) is 0 Å². The summed E-state index contributed by atoms with van der Waals surface area (Å²) in [4.78, 5) is 12.3. The van der Waals surface area contributed by atoms with Gasteiger partial charge in [0.1, 0.15) is 5.69 Å². The molecular formula is C17H21N3O2. The third-order valence-corrected chi connectivity index (χ3v) is 4.15. The van der Waals surface area contributed by atoms with Crippen molar-refractivity contribution in [2.75, 3.05) is 19.8 Å². The number of aromatic nitrogens is 2. The summed E-state index contributed by atoms with van der Waals surface area (Å²) in [5.41, 5.74) is 3.27. The predicted molar refractivity (Wildman–Crippen MR) is 84.6 cm³/mol. The Kier molecular flexibility index (Phi) is 4.53. The van der Waals surface area contributed by atoms with E-state index in [1.807, 2.05) is 37.3 Å². The summed E-state index contributed by atoms with van der Waals surface area (Å²) in [7, 11) is 0. The van der Waals surface area contributed by atoms with Crippen LogP contribution in [-0.2, 0) is 4.74 Å². The van der Waals surface area contributed by atoms with Gasteiger partial charge in [0, 0.05) is 30.9 Å². The molecule has 116 valence electrons. The first-order valence-electron chi connectivity index (χ1n) is 7.72. The minimum atomic E-state index is -0.0916. The van der Waals surface area contributed by atoms with Crippen LogP contribution in [0.25, 0.3) is 11.3 Å². The fourth-order valence-electron chi connectivity index (χ4n) is 2.79. The van der Waals surface area contributed by atoms with E-state index in [9.17, 15) is 4.79 Å². The van der Waals surface area contributed by atoms with Crippen LogP contribution < -0.4 is 5.32 Å². The van der Waals surface area contributed by atoms with Crippen molar-refractivity contribution in [2.45, 2.75) is 19.8 Å². The van der Waals surface area contributed by atoms with Crippen LogP contribution in [0.15, 0.2) is 30.3 Å². The molecule has 0 bridgehead atoms. The minimum absolute atomic E-state index is 0.0916. The van der Waals surface area contributed by atoms with Gasteiger partial charge < -0.3 is 10.1 Å². The third-order valence-electron chi connectivity index (χ3n) is 4.15. The fraction of sp³-hybridized carbons (Fsp3) is 0.412. The number of rotatable bonds is 5. The highest BCUT2D eigenvalue weighted by molar-refractivity contribution is 5.95. The molecule has 0 radical (unpaired) electrons. The Morgan fingerprint density at radius 3 is 2.95 bits per heavy atom. The monoisotopic (exact) mass is 299 g/mol. The number of nitrogens with one attached hydrogen (secondary N) is 2. The van der Waals surface area contributed by atoms with Crippen molar-refractivity contribution < 1.29 is 9.53 Å². The maximum absolute atomic E-state index is 12.3. The first kappa shape index (κ1) is 14.8. The smallest absolute Gasteiger partial charge is 0.269 e. The number of aromatic amines is 1. The van der Waals surface area contributed by atoms with Gasteiger partial charge in [0.05, 0.1) is 5.69 Å². The molecule has 0 unspecified atom stereocenters. The van der Waals surface area contributed by atoms with E-state index < -0.39 is 0 Å². The van der Waals surface area contributed by atoms with Crippen LogP contribution in [0.5, 0.6) is 0 Å². The average molecular weight is 299 g/mol. The number of H-pyrrole nitrogens is 1. The molecule has 2 heterocycles. The number of benzene rings is 1. The normalized spacial score (nSPS) is 17.6. The molecule has 22 heavy (non-hydrogen) atoms. The number of nitrogens with zero attached hydrogens (tertiary/aromatic N) is 1. The Hall–Kier alpha value is -2.14. The number of amides is 1. The number of ether oxygens (including phenoxy) is 1. The zero-order valence-electron chi connectivity index (χ0n) is 12.8. The predicted octanol–water partition coefficient (Wildman–Crippen LogP) is 2.54. The lowest BCUT2D eigenvalue weighted by molar-refractivity contribution is 0.0945. The average Bonchev–Trinajstić information content (AvgIpc) is 3.18. The summed E-state index contributed by atoms with van der Waals surface area (Å²) in [6.45, 7) is 4.26. The first-order valence-corrected chi connectivity index (χ1v) is 7.72. The lowest BCUT2D eigenvalue weighted by Gasteiger charge is -2.08. The Bertz CT molecular complexity index is 631. The molecule has 1 aliphatic rings. The Labute approximate surface area is 130 Å². The molecule has 0 saturated carbocycles. The second kappa shape index (κ2) is 6.75. The zero-order chi connectivity index (χ0) is 15.4. The largest absolute Gasteiger partial charge is 0.381 e. The number of hydrogen-bond acceptors (Lipinski definition) is 3. The van der Waals surface area contributed by atoms with E-state index in [4.69, 9.17) is 4.74 Å². The van der Waals surface area contributed by atoms with E-state index in [0.29, 0.717) is 18.2 Å². The van der Waals surface area contributed by atoms with Crippen molar-refractivity contribution in [1.82, 2.24) is 15.5 Å². The van der Waals surface area contributed by atoms with Crippen molar-refractivity contribution >= 4 is 5.91 Å². The molecule has 1 aromatic heterocycles. The van der Waals surface area contributed by atoms with E-state index in [-0.39, 0.29) is 5.91 Å². The minimum Gasteiger partial charge on any atom is -0.381 e. The van der Waals surface area contributed by atoms with E-state index in [2.05, 4.69) is 15.5 Å². The molecule has 1 amide bonds. The van der Waals surface area contributed by atoms with Gasteiger partial charge in [-0.3, -0.25) is 9.89 Å². The van der Waals surface area contributed by atoms with Crippen LogP contribution >= 0.6 is 0 Å². The van der Waals surface area contributed by atoms with Gasteiger partial charge in [-0.15, -0.1) is 0 Å². The third kappa shape index (κ3) is 3.20. The Balaban J connectivity index is 1.62. The van der Waals surface area contributed by atoms with Crippen LogP contribution in [0.3, 0.4) is 0 Å². The molecule has 1 aromatic carbocycles. The SMILES string of the molecule is Cc1c(-c2ccccc2)n[nH]c1C(=O)NCC[C@@H]1CCOC1. The van der Waals surface area contributed by atoms with Crippen molar-refractivity contribution in [3.05, 3.63) is 41.6 Å². The molecule has 5 nitrogen and oxygen atoms in total. The van der Waals surface area contributed by atoms with E-state index in [0.717, 1.165) is 42.9 Å². The van der Waals surface area contributed by atoms with Crippen LogP contribution in [-0.4, -0.2) is 35.9 Å². The second-order valence-corrected chi connectivity index (χ2v) is 5.71. The zero-order valence-corrected chi connectivity index (χ0v) is 12.8. The summed E-state index contributed by atoms with van der Waals surface area (Å²) in [5.74, 6) is 0.481. The summed E-state index contributed by atoms with van der Waals surface area (Å²) in [6, 6.07) is 9.88. The molecule has 2 N–H and O–H groups in total. The van der Waals surface area contributed by atoms with Gasteiger partial charge in [0.2, 0.25) is 0 Å². The van der Waals surface area contributed by atoms with Crippen molar-refractivity contribution in [1.29, 1.82) is 0 Å². The van der Waals surface area contributed by atoms with Crippen molar-refractivity contribution in [3.63, 3.8) is 0 Å².